The Morgan fingerprint density at radius 2 is 2.12 bits per heavy atom. The van der Waals surface area contributed by atoms with Gasteiger partial charge < -0.3 is 9.88 Å². The van der Waals surface area contributed by atoms with Gasteiger partial charge in [-0.3, -0.25) is 4.79 Å². The Kier molecular flexibility index (Phi) is 4.99. The summed E-state index contributed by atoms with van der Waals surface area (Å²) >= 11 is 1.45. The maximum absolute atomic E-state index is 12.6. The van der Waals surface area contributed by atoms with Gasteiger partial charge in [-0.2, -0.15) is 0 Å². The molecule has 0 saturated carbocycles. The van der Waals surface area contributed by atoms with E-state index in [2.05, 4.69) is 47.3 Å². The van der Waals surface area contributed by atoms with Crippen molar-refractivity contribution >= 4 is 17.2 Å². The van der Waals surface area contributed by atoms with Gasteiger partial charge in [0.1, 0.15) is 9.88 Å². The molecule has 1 aromatic carbocycles. The van der Waals surface area contributed by atoms with Crippen molar-refractivity contribution < 1.29 is 4.79 Å². The first-order valence-electron chi connectivity index (χ1n) is 8.25. The number of carbonyl (C=O) groups is 1. The number of amides is 1. The molecule has 2 aromatic heterocycles. The molecule has 0 radical (unpaired) electrons. The summed E-state index contributed by atoms with van der Waals surface area (Å²) in [5, 5.41) is 3.94. The van der Waals surface area contributed by atoms with E-state index in [-0.39, 0.29) is 11.9 Å². The van der Waals surface area contributed by atoms with Crippen LogP contribution < -0.4 is 5.32 Å². The van der Waals surface area contributed by atoms with Gasteiger partial charge in [0.25, 0.3) is 5.91 Å². The second-order valence-corrected chi connectivity index (χ2v) is 7.38. The molecule has 0 aliphatic rings. The molecular weight excluding hydrogens is 332 g/mol. The summed E-state index contributed by atoms with van der Waals surface area (Å²) in [7, 11) is 0. The molecule has 130 valence electrons. The van der Waals surface area contributed by atoms with Crippen molar-refractivity contribution in [1.29, 1.82) is 0 Å². The molecule has 1 N–H and O–H groups in total. The van der Waals surface area contributed by atoms with Crippen LogP contribution in [0.2, 0.25) is 0 Å². The van der Waals surface area contributed by atoms with Crippen LogP contribution in [0.3, 0.4) is 0 Å². The minimum Gasteiger partial charge on any atom is -0.347 e. The Morgan fingerprint density at radius 3 is 2.80 bits per heavy atom. The predicted molar refractivity (Wildman–Crippen MR) is 101 cm³/mol. The van der Waals surface area contributed by atoms with Crippen molar-refractivity contribution in [2.24, 2.45) is 0 Å². The summed E-state index contributed by atoms with van der Waals surface area (Å²) in [6, 6.07) is 6.30. The number of carbonyl (C=O) groups excluding carboxylic acids is 1. The third-order valence-corrected chi connectivity index (χ3v) is 5.23. The van der Waals surface area contributed by atoms with Gasteiger partial charge in [0.2, 0.25) is 0 Å². The van der Waals surface area contributed by atoms with Crippen LogP contribution in [0.15, 0.2) is 36.9 Å². The number of hydrogen-bond donors (Lipinski definition) is 1. The third kappa shape index (κ3) is 3.96. The maximum Gasteiger partial charge on any atom is 0.263 e. The highest BCUT2D eigenvalue weighted by atomic mass is 32.1. The molecule has 0 spiro atoms. The monoisotopic (exact) mass is 354 g/mol. The normalized spacial score (nSPS) is 12.2. The lowest BCUT2D eigenvalue weighted by atomic mass is 10.1. The van der Waals surface area contributed by atoms with Gasteiger partial charge in [0.15, 0.2) is 0 Å². The standard InChI is InChI=1S/C19H22N4OS/c1-12-5-6-16(13(2)9-12)19-22-15(4)17(25-19)18(24)21-14(3)10-23-8-7-20-11-23/h5-9,11,14H,10H2,1-4H3,(H,21,24). The molecule has 5 nitrogen and oxygen atoms in total. The van der Waals surface area contributed by atoms with Crippen LogP contribution in [0, 0.1) is 20.8 Å². The first-order chi connectivity index (χ1) is 11.9. The van der Waals surface area contributed by atoms with Crippen molar-refractivity contribution in [2.45, 2.75) is 40.3 Å². The zero-order valence-corrected chi connectivity index (χ0v) is 15.7. The van der Waals surface area contributed by atoms with Gasteiger partial charge in [-0.15, -0.1) is 11.3 Å². The van der Waals surface area contributed by atoms with Crippen molar-refractivity contribution in [3.05, 3.63) is 58.6 Å². The average molecular weight is 354 g/mol. The summed E-state index contributed by atoms with van der Waals surface area (Å²) in [6.07, 6.45) is 5.37. The van der Waals surface area contributed by atoms with Crippen LogP contribution in [-0.4, -0.2) is 26.5 Å². The van der Waals surface area contributed by atoms with Gasteiger partial charge in [-0.25, -0.2) is 9.97 Å². The highest BCUT2D eigenvalue weighted by Gasteiger charge is 2.18. The maximum atomic E-state index is 12.6. The quantitative estimate of drug-likeness (QED) is 0.759. The molecule has 25 heavy (non-hydrogen) atoms. The fourth-order valence-corrected chi connectivity index (χ4v) is 3.88. The van der Waals surface area contributed by atoms with Gasteiger partial charge in [-0.05, 0) is 33.3 Å². The Hall–Kier alpha value is -2.47. The van der Waals surface area contributed by atoms with E-state index in [1.54, 1.807) is 12.5 Å². The highest BCUT2D eigenvalue weighted by Crippen LogP contribution is 2.30. The summed E-state index contributed by atoms with van der Waals surface area (Å²) in [5.74, 6) is -0.0707. The number of nitrogens with zero attached hydrogens (tertiary/aromatic N) is 3. The van der Waals surface area contributed by atoms with Gasteiger partial charge in [0.05, 0.1) is 12.0 Å². The molecule has 0 fully saturated rings. The van der Waals surface area contributed by atoms with Crippen LogP contribution in [0.1, 0.15) is 33.4 Å². The Balaban J connectivity index is 1.76. The first kappa shape index (κ1) is 17.4. The van der Waals surface area contributed by atoms with Gasteiger partial charge in [-0.1, -0.05) is 23.8 Å². The lowest BCUT2D eigenvalue weighted by molar-refractivity contribution is 0.0940. The number of aryl methyl sites for hydroxylation is 3. The van der Waals surface area contributed by atoms with Crippen LogP contribution in [0.25, 0.3) is 10.6 Å². The Bertz CT molecular complexity index is 883. The van der Waals surface area contributed by atoms with E-state index in [9.17, 15) is 4.79 Å². The SMILES string of the molecule is Cc1ccc(-c2nc(C)c(C(=O)NC(C)Cn3ccnc3)s2)c(C)c1. The molecule has 1 unspecified atom stereocenters. The molecule has 2 heterocycles. The summed E-state index contributed by atoms with van der Waals surface area (Å²) < 4.78 is 1.95. The smallest absolute Gasteiger partial charge is 0.263 e. The number of nitrogens with one attached hydrogen (secondary N) is 1. The Morgan fingerprint density at radius 1 is 1.32 bits per heavy atom. The van der Waals surface area contributed by atoms with E-state index < -0.39 is 0 Å². The molecule has 0 aliphatic carbocycles. The fraction of sp³-hybridized carbons (Fsp3) is 0.316. The largest absolute Gasteiger partial charge is 0.347 e. The van der Waals surface area contributed by atoms with E-state index in [0.29, 0.717) is 11.4 Å². The molecule has 3 aromatic rings. The number of thiazole rings is 1. The lowest BCUT2D eigenvalue weighted by Crippen LogP contribution is -2.35. The molecule has 1 atom stereocenters. The zero-order valence-electron chi connectivity index (χ0n) is 14.9. The third-order valence-electron chi connectivity index (χ3n) is 4.04. The number of hydrogen-bond acceptors (Lipinski definition) is 4. The fourth-order valence-electron chi connectivity index (χ4n) is 2.82. The van der Waals surface area contributed by atoms with E-state index in [4.69, 9.17) is 0 Å². The summed E-state index contributed by atoms with van der Waals surface area (Å²) in [6.45, 7) is 8.71. The van der Waals surface area contributed by atoms with Crippen LogP contribution in [0.5, 0.6) is 0 Å². The second-order valence-electron chi connectivity index (χ2n) is 6.39. The van der Waals surface area contributed by atoms with E-state index in [1.807, 2.05) is 24.6 Å². The second kappa shape index (κ2) is 7.19. The van der Waals surface area contributed by atoms with Crippen LogP contribution in [0.4, 0.5) is 0 Å². The van der Waals surface area contributed by atoms with E-state index in [0.717, 1.165) is 16.3 Å². The lowest BCUT2D eigenvalue weighted by Gasteiger charge is -2.13. The number of aromatic nitrogens is 3. The highest BCUT2D eigenvalue weighted by molar-refractivity contribution is 7.17. The minimum atomic E-state index is -0.0707. The summed E-state index contributed by atoms with van der Waals surface area (Å²) in [5.41, 5.74) is 4.26. The molecule has 0 bridgehead atoms. The predicted octanol–water partition coefficient (Wildman–Crippen LogP) is 3.75. The average Bonchev–Trinajstić information content (AvgIpc) is 3.16. The molecular formula is C19H22N4OS. The molecule has 3 rings (SSSR count). The Labute approximate surface area is 151 Å². The number of benzene rings is 1. The molecule has 0 aliphatic heterocycles. The first-order valence-corrected chi connectivity index (χ1v) is 9.07. The number of rotatable bonds is 5. The molecule has 6 heteroatoms. The van der Waals surface area contributed by atoms with Crippen molar-refractivity contribution in [2.75, 3.05) is 0 Å². The van der Waals surface area contributed by atoms with Gasteiger partial charge >= 0.3 is 0 Å². The van der Waals surface area contributed by atoms with Gasteiger partial charge in [0, 0.05) is 30.5 Å². The van der Waals surface area contributed by atoms with E-state index in [1.165, 1.54) is 22.5 Å². The molecule has 0 saturated heterocycles. The number of imidazole rings is 1. The van der Waals surface area contributed by atoms with Crippen LogP contribution >= 0.6 is 11.3 Å². The minimum absolute atomic E-state index is 0.00719. The van der Waals surface area contributed by atoms with E-state index >= 15 is 0 Å². The molecule has 1 amide bonds. The van der Waals surface area contributed by atoms with Crippen molar-refractivity contribution in [1.82, 2.24) is 19.9 Å². The summed E-state index contributed by atoms with van der Waals surface area (Å²) in [4.78, 5) is 21.9. The van der Waals surface area contributed by atoms with Crippen LogP contribution in [-0.2, 0) is 6.54 Å². The topological polar surface area (TPSA) is 59.8 Å². The zero-order chi connectivity index (χ0) is 18.0. The van der Waals surface area contributed by atoms with Crippen molar-refractivity contribution in [3.8, 4) is 10.6 Å². The van der Waals surface area contributed by atoms with Crippen molar-refractivity contribution in [3.63, 3.8) is 0 Å².